The summed E-state index contributed by atoms with van der Waals surface area (Å²) in [5, 5.41) is 23.1. The minimum absolute atomic E-state index is 0.0392. The number of amides is 1. The normalized spacial score (nSPS) is 15.5. The van der Waals surface area contributed by atoms with Gasteiger partial charge in [0.15, 0.2) is 0 Å². The molecule has 0 radical (unpaired) electrons. The van der Waals surface area contributed by atoms with Crippen molar-refractivity contribution >= 4 is 11.6 Å². The zero-order valence-corrected chi connectivity index (χ0v) is 18.5. The van der Waals surface area contributed by atoms with Crippen LogP contribution in [0.5, 0.6) is 0 Å². The highest BCUT2D eigenvalue weighted by atomic mass is 16.3. The Hall–Kier alpha value is -4.01. The van der Waals surface area contributed by atoms with E-state index in [9.17, 15) is 4.79 Å². The zero-order chi connectivity index (χ0) is 23.3. The molecule has 1 atom stereocenters. The Morgan fingerprint density at radius 2 is 1.82 bits per heavy atom. The quantitative estimate of drug-likeness (QED) is 0.397. The van der Waals surface area contributed by atoms with Gasteiger partial charge in [0.25, 0.3) is 5.91 Å². The molecule has 8 heteroatoms. The number of furan rings is 1. The van der Waals surface area contributed by atoms with Gasteiger partial charge in [0, 0.05) is 30.3 Å². The fourth-order valence-corrected chi connectivity index (χ4v) is 4.07. The third kappa shape index (κ3) is 4.41. The average Bonchev–Trinajstić information content (AvgIpc) is 3.64. The van der Waals surface area contributed by atoms with E-state index in [1.54, 1.807) is 6.26 Å². The van der Waals surface area contributed by atoms with Crippen molar-refractivity contribution in [1.29, 1.82) is 0 Å². The minimum atomic E-state index is -0.350. The molecular formula is C26H25N5O3. The first-order valence-electron chi connectivity index (χ1n) is 11.2. The van der Waals surface area contributed by atoms with Crippen LogP contribution in [0.1, 0.15) is 23.8 Å². The van der Waals surface area contributed by atoms with Gasteiger partial charge in [-0.2, -0.15) is 10.2 Å². The number of aliphatic hydroxyl groups excluding tert-OH is 1. The number of carbonyl (C=O) groups is 1. The summed E-state index contributed by atoms with van der Waals surface area (Å²) in [6.45, 7) is 0.370. The maximum Gasteiger partial charge on any atom is 0.257 e. The molecule has 4 aromatic rings. The molecule has 2 N–H and O–H groups in total. The van der Waals surface area contributed by atoms with Gasteiger partial charge in [-0.1, -0.05) is 48.5 Å². The summed E-state index contributed by atoms with van der Waals surface area (Å²) in [6, 6.07) is 23.2. The van der Waals surface area contributed by atoms with Crippen LogP contribution in [0.25, 0.3) is 16.9 Å². The van der Waals surface area contributed by atoms with Crippen molar-refractivity contribution in [3.05, 3.63) is 96.6 Å². The molecule has 0 fully saturated rings. The fourth-order valence-electron chi connectivity index (χ4n) is 4.07. The van der Waals surface area contributed by atoms with E-state index < -0.39 is 0 Å². The molecule has 3 heterocycles. The Morgan fingerprint density at radius 3 is 2.53 bits per heavy atom. The van der Waals surface area contributed by atoms with Gasteiger partial charge < -0.3 is 14.8 Å². The van der Waals surface area contributed by atoms with Crippen molar-refractivity contribution in [2.24, 2.45) is 5.10 Å². The molecule has 0 unspecified atom stereocenters. The highest BCUT2D eigenvalue weighted by Crippen LogP contribution is 2.35. The van der Waals surface area contributed by atoms with Crippen molar-refractivity contribution in [3.8, 4) is 16.9 Å². The van der Waals surface area contributed by atoms with Gasteiger partial charge in [-0.05, 0) is 24.3 Å². The molecule has 0 saturated carbocycles. The van der Waals surface area contributed by atoms with E-state index in [0.29, 0.717) is 18.7 Å². The summed E-state index contributed by atoms with van der Waals surface area (Å²) in [6.07, 6.45) is 4.07. The monoisotopic (exact) mass is 455 g/mol. The van der Waals surface area contributed by atoms with Gasteiger partial charge in [0.2, 0.25) is 0 Å². The number of aromatic nitrogens is 2. The van der Waals surface area contributed by atoms with E-state index >= 15 is 0 Å². The number of carbonyl (C=O) groups excluding carboxylic acids is 1. The van der Waals surface area contributed by atoms with E-state index in [2.05, 4.69) is 5.32 Å². The molecule has 1 aliphatic heterocycles. The molecule has 2 aromatic carbocycles. The van der Waals surface area contributed by atoms with Crippen molar-refractivity contribution in [2.45, 2.75) is 12.5 Å². The summed E-state index contributed by atoms with van der Waals surface area (Å²) < 4.78 is 7.49. The van der Waals surface area contributed by atoms with Crippen LogP contribution >= 0.6 is 0 Å². The molecule has 0 saturated heterocycles. The van der Waals surface area contributed by atoms with E-state index in [-0.39, 0.29) is 25.1 Å². The second-order valence-electron chi connectivity index (χ2n) is 7.96. The van der Waals surface area contributed by atoms with Crippen molar-refractivity contribution in [2.75, 3.05) is 19.7 Å². The van der Waals surface area contributed by atoms with Gasteiger partial charge in [-0.15, -0.1) is 0 Å². The van der Waals surface area contributed by atoms with Crippen LogP contribution in [0, 0.1) is 0 Å². The fraction of sp³-hybridized carbons (Fsp3) is 0.192. The van der Waals surface area contributed by atoms with Gasteiger partial charge >= 0.3 is 0 Å². The lowest BCUT2D eigenvalue weighted by atomic mass is 10.00. The first-order valence-corrected chi connectivity index (χ1v) is 11.2. The van der Waals surface area contributed by atoms with Crippen LogP contribution in [-0.4, -0.2) is 51.2 Å². The molecule has 0 bridgehead atoms. The number of nitrogens with zero attached hydrogens (tertiary/aromatic N) is 4. The summed E-state index contributed by atoms with van der Waals surface area (Å²) >= 11 is 0. The molecule has 1 amide bonds. The van der Waals surface area contributed by atoms with Crippen LogP contribution in [-0.2, 0) is 4.79 Å². The molecule has 0 aliphatic carbocycles. The van der Waals surface area contributed by atoms with Crippen LogP contribution in [0.2, 0.25) is 0 Å². The summed E-state index contributed by atoms with van der Waals surface area (Å²) in [7, 11) is 0. The summed E-state index contributed by atoms with van der Waals surface area (Å²) in [5.74, 6) is 0.479. The molecule has 34 heavy (non-hydrogen) atoms. The number of hydrogen-bond donors (Lipinski definition) is 2. The lowest BCUT2D eigenvalue weighted by Crippen LogP contribution is -2.36. The average molecular weight is 456 g/mol. The van der Waals surface area contributed by atoms with Gasteiger partial charge in [-0.25, -0.2) is 9.69 Å². The Labute approximate surface area is 197 Å². The number of hydrazone groups is 1. The third-order valence-corrected chi connectivity index (χ3v) is 5.70. The highest BCUT2D eigenvalue weighted by Gasteiger charge is 2.36. The topological polar surface area (TPSA) is 95.9 Å². The second-order valence-corrected chi connectivity index (χ2v) is 7.96. The Kier molecular flexibility index (Phi) is 6.33. The lowest BCUT2D eigenvalue weighted by molar-refractivity contribution is -0.132. The van der Waals surface area contributed by atoms with Crippen LogP contribution in [0.3, 0.4) is 0 Å². The lowest BCUT2D eigenvalue weighted by Gasteiger charge is -2.19. The molecule has 8 nitrogen and oxygen atoms in total. The zero-order valence-electron chi connectivity index (χ0n) is 18.5. The highest BCUT2D eigenvalue weighted by molar-refractivity contribution is 6.07. The van der Waals surface area contributed by atoms with Crippen molar-refractivity contribution in [1.82, 2.24) is 20.1 Å². The number of para-hydroxylation sites is 1. The van der Waals surface area contributed by atoms with E-state index in [0.717, 1.165) is 28.2 Å². The van der Waals surface area contributed by atoms with E-state index in [1.165, 1.54) is 5.01 Å². The summed E-state index contributed by atoms with van der Waals surface area (Å²) in [5.41, 5.74) is 4.34. The van der Waals surface area contributed by atoms with Gasteiger partial charge in [0.1, 0.15) is 17.5 Å². The maximum atomic E-state index is 13.0. The third-order valence-electron chi connectivity index (χ3n) is 5.70. The molecular weight excluding hydrogens is 430 g/mol. The number of rotatable bonds is 8. The Balaban J connectivity index is 1.55. The maximum absolute atomic E-state index is 13.0. The smallest absolute Gasteiger partial charge is 0.257 e. The van der Waals surface area contributed by atoms with E-state index in [4.69, 9.17) is 19.7 Å². The number of benzene rings is 2. The molecule has 5 rings (SSSR count). The van der Waals surface area contributed by atoms with Crippen LogP contribution in [0.15, 0.2) is 94.8 Å². The first kappa shape index (κ1) is 21.8. The first-order chi connectivity index (χ1) is 16.7. The predicted octanol–water partition coefficient (Wildman–Crippen LogP) is 3.39. The molecule has 1 aliphatic rings. The minimum Gasteiger partial charge on any atom is -0.467 e. The predicted molar refractivity (Wildman–Crippen MR) is 128 cm³/mol. The summed E-state index contributed by atoms with van der Waals surface area (Å²) in [4.78, 5) is 13.0. The van der Waals surface area contributed by atoms with E-state index in [1.807, 2.05) is 83.7 Å². The SMILES string of the molecule is O=C(CNCCO)N1N=C(c2cn(-c3ccccc3)nc2-c2ccccc2)C[C@@H]1c1ccco1. The molecule has 0 spiro atoms. The second kappa shape index (κ2) is 9.86. The number of hydrogen-bond acceptors (Lipinski definition) is 6. The largest absolute Gasteiger partial charge is 0.467 e. The standard InChI is InChI=1S/C26H25N5O3/c32-14-13-27-17-25(33)31-23(24-12-7-15-34-24)16-22(28-31)21-18-30(20-10-5-2-6-11-20)29-26(21)19-8-3-1-4-9-19/h1-12,15,18,23,27,32H,13-14,16-17H2/t23-/m1/s1. The number of nitrogens with one attached hydrogen (secondary N) is 1. The van der Waals surface area contributed by atoms with Gasteiger partial charge in [0.05, 0.1) is 30.8 Å². The Morgan fingerprint density at radius 1 is 1.06 bits per heavy atom. The molecule has 172 valence electrons. The van der Waals surface area contributed by atoms with Crippen molar-refractivity contribution < 1.29 is 14.3 Å². The number of aliphatic hydroxyl groups is 1. The van der Waals surface area contributed by atoms with Crippen LogP contribution < -0.4 is 5.32 Å². The Bertz CT molecular complexity index is 1270. The molecule has 2 aromatic heterocycles. The van der Waals surface area contributed by atoms with Crippen molar-refractivity contribution in [3.63, 3.8) is 0 Å². The van der Waals surface area contributed by atoms with Crippen LogP contribution in [0.4, 0.5) is 0 Å². The van der Waals surface area contributed by atoms with Gasteiger partial charge in [-0.3, -0.25) is 4.79 Å².